The Labute approximate surface area is 221 Å². The van der Waals surface area contributed by atoms with Crippen molar-refractivity contribution in [1.82, 2.24) is 9.30 Å². The summed E-state index contributed by atoms with van der Waals surface area (Å²) in [6.45, 7) is 8.45. The van der Waals surface area contributed by atoms with Gasteiger partial charge in [0.15, 0.2) is 23.0 Å². The van der Waals surface area contributed by atoms with E-state index in [1.165, 1.54) is 0 Å². The van der Waals surface area contributed by atoms with Crippen LogP contribution in [0.1, 0.15) is 33.3 Å². The number of fused-ring (bicyclic) bond motifs is 7. The van der Waals surface area contributed by atoms with E-state index in [9.17, 15) is 4.79 Å². The molecule has 0 aliphatic heterocycles. The molecule has 0 spiro atoms. The van der Waals surface area contributed by atoms with Gasteiger partial charge in [0.1, 0.15) is 11.1 Å². The topological polar surface area (TPSA) is 74.8 Å². The van der Waals surface area contributed by atoms with Crippen molar-refractivity contribution in [3.8, 4) is 23.0 Å². The molecular formula is C30H34N2O6. The number of hydrogen-bond acceptors (Lipinski definition) is 7. The Morgan fingerprint density at radius 2 is 1.45 bits per heavy atom. The van der Waals surface area contributed by atoms with Crippen LogP contribution in [0.3, 0.4) is 0 Å². The van der Waals surface area contributed by atoms with Crippen LogP contribution < -0.4 is 24.6 Å². The molecule has 5 rings (SSSR count). The van der Waals surface area contributed by atoms with Crippen LogP contribution in [0.25, 0.3) is 38.2 Å². The lowest BCUT2D eigenvalue weighted by molar-refractivity contribution is 0.230. The third-order valence-electron chi connectivity index (χ3n) is 6.43. The summed E-state index contributed by atoms with van der Waals surface area (Å²) in [5.41, 5.74) is 2.44. The molecule has 3 heterocycles. The number of ether oxygens (including phenoxy) is 4. The SMILES string of the molecule is COc1cc2c(ccn3c2c(CN(C)C)c2c4cc(OC)c(OC(C)C)cc4oc(=O)c23)cc1OC(C)C. The predicted molar refractivity (Wildman–Crippen MR) is 150 cm³/mol. The van der Waals surface area contributed by atoms with Crippen molar-refractivity contribution in [3.05, 3.63) is 52.5 Å². The second-order valence-corrected chi connectivity index (χ2v) is 10.3. The van der Waals surface area contributed by atoms with E-state index < -0.39 is 5.63 Å². The smallest absolute Gasteiger partial charge is 0.361 e. The summed E-state index contributed by atoms with van der Waals surface area (Å²) in [5.74, 6) is 2.42. The lowest BCUT2D eigenvalue weighted by Gasteiger charge is -2.16. The quantitative estimate of drug-likeness (QED) is 0.233. The van der Waals surface area contributed by atoms with Crippen LogP contribution in [0.5, 0.6) is 23.0 Å². The first-order valence-corrected chi connectivity index (χ1v) is 12.7. The maximum absolute atomic E-state index is 13.5. The van der Waals surface area contributed by atoms with Crippen LogP contribution in [0.2, 0.25) is 0 Å². The summed E-state index contributed by atoms with van der Waals surface area (Å²) >= 11 is 0. The monoisotopic (exact) mass is 518 g/mol. The molecule has 0 saturated carbocycles. The fourth-order valence-electron chi connectivity index (χ4n) is 5.09. The van der Waals surface area contributed by atoms with Crippen LogP contribution in [-0.2, 0) is 6.54 Å². The third kappa shape index (κ3) is 4.28. The molecule has 8 nitrogen and oxygen atoms in total. The zero-order chi connectivity index (χ0) is 27.3. The zero-order valence-electron chi connectivity index (χ0n) is 23.2. The molecule has 8 heteroatoms. The Balaban J connectivity index is 1.95. The number of nitrogens with zero attached hydrogens (tertiary/aromatic N) is 2. The van der Waals surface area contributed by atoms with Gasteiger partial charge in [0.2, 0.25) is 0 Å². The zero-order valence-corrected chi connectivity index (χ0v) is 23.2. The minimum absolute atomic E-state index is 0.000755. The van der Waals surface area contributed by atoms with Crippen molar-refractivity contribution in [3.63, 3.8) is 0 Å². The van der Waals surface area contributed by atoms with Crippen molar-refractivity contribution in [2.45, 2.75) is 46.4 Å². The minimum Gasteiger partial charge on any atom is -0.493 e. The number of methoxy groups -OCH3 is 2. The normalized spacial score (nSPS) is 12.1. The molecule has 38 heavy (non-hydrogen) atoms. The molecule has 0 aliphatic carbocycles. The number of rotatable bonds is 8. The van der Waals surface area contributed by atoms with Gasteiger partial charge in [-0.1, -0.05) is 0 Å². The molecule has 0 radical (unpaired) electrons. The first kappa shape index (κ1) is 25.7. The molecule has 0 atom stereocenters. The van der Waals surface area contributed by atoms with E-state index in [0.29, 0.717) is 40.6 Å². The summed E-state index contributed by atoms with van der Waals surface area (Å²) in [6.07, 6.45) is 1.85. The Kier molecular flexibility index (Phi) is 6.61. The lowest BCUT2D eigenvalue weighted by Crippen LogP contribution is -2.11. The van der Waals surface area contributed by atoms with Gasteiger partial charge in [-0.3, -0.25) is 0 Å². The van der Waals surface area contributed by atoms with Crippen LogP contribution in [0.4, 0.5) is 0 Å². The highest BCUT2D eigenvalue weighted by atomic mass is 16.5. The van der Waals surface area contributed by atoms with Gasteiger partial charge in [-0.15, -0.1) is 0 Å². The molecule has 3 aromatic heterocycles. The fourth-order valence-corrected chi connectivity index (χ4v) is 5.09. The van der Waals surface area contributed by atoms with Gasteiger partial charge >= 0.3 is 5.63 Å². The van der Waals surface area contributed by atoms with Gasteiger partial charge in [0, 0.05) is 40.5 Å². The number of hydrogen-bond donors (Lipinski definition) is 0. The molecule has 0 fully saturated rings. The average molecular weight is 519 g/mol. The number of pyridine rings is 1. The van der Waals surface area contributed by atoms with Gasteiger partial charge < -0.3 is 32.7 Å². The van der Waals surface area contributed by atoms with E-state index >= 15 is 0 Å². The van der Waals surface area contributed by atoms with Gasteiger partial charge in [-0.05, 0) is 71.4 Å². The molecule has 0 N–H and O–H groups in total. The van der Waals surface area contributed by atoms with Gasteiger partial charge in [-0.25, -0.2) is 4.79 Å². The Bertz CT molecular complexity index is 1730. The number of aromatic nitrogens is 1. The Morgan fingerprint density at radius 1 is 0.842 bits per heavy atom. The van der Waals surface area contributed by atoms with E-state index in [2.05, 4.69) is 4.90 Å². The molecule has 2 aromatic carbocycles. The van der Waals surface area contributed by atoms with Crippen LogP contribution in [0.15, 0.2) is 45.7 Å². The maximum atomic E-state index is 13.5. The van der Waals surface area contributed by atoms with Crippen molar-refractivity contribution in [2.24, 2.45) is 0 Å². The summed E-state index contributed by atoms with van der Waals surface area (Å²) in [4.78, 5) is 15.6. The van der Waals surface area contributed by atoms with Crippen molar-refractivity contribution in [1.29, 1.82) is 0 Å². The Morgan fingerprint density at radius 3 is 2.03 bits per heavy atom. The maximum Gasteiger partial charge on any atom is 0.361 e. The highest BCUT2D eigenvalue weighted by Gasteiger charge is 2.24. The van der Waals surface area contributed by atoms with Crippen LogP contribution >= 0.6 is 0 Å². The second-order valence-electron chi connectivity index (χ2n) is 10.3. The molecule has 0 unspecified atom stereocenters. The minimum atomic E-state index is -0.417. The lowest BCUT2D eigenvalue weighted by atomic mass is 10.0. The van der Waals surface area contributed by atoms with Crippen molar-refractivity contribution in [2.75, 3.05) is 28.3 Å². The summed E-state index contributed by atoms with van der Waals surface area (Å²) in [5, 5.41) is 3.55. The standard InChI is InChI=1S/C30H34N2O6/c1-16(2)36-25-11-18-9-10-32-28(19(18)12-23(25)34-7)21(15-31(5)6)27-20-13-24(35-8)26(37-17(3)4)14-22(20)38-30(33)29(27)32/h9-14,16-17H,15H2,1-8H3. The molecule has 0 amide bonds. The van der Waals surface area contributed by atoms with Gasteiger partial charge in [0.25, 0.3) is 0 Å². The van der Waals surface area contributed by atoms with Gasteiger partial charge in [-0.2, -0.15) is 0 Å². The van der Waals surface area contributed by atoms with E-state index in [1.807, 2.05) is 76.7 Å². The van der Waals surface area contributed by atoms with Gasteiger partial charge in [0.05, 0.1) is 31.9 Å². The molecule has 200 valence electrons. The molecule has 0 aliphatic rings. The van der Waals surface area contributed by atoms with E-state index in [0.717, 1.165) is 32.6 Å². The van der Waals surface area contributed by atoms with Crippen molar-refractivity contribution < 1.29 is 23.4 Å². The number of benzene rings is 2. The van der Waals surface area contributed by atoms with E-state index in [1.54, 1.807) is 20.3 Å². The molecular weight excluding hydrogens is 484 g/mol. The summed E-state index contributed by atoms with van der Waals surface area (Å²) < 4.78 is 31.2. The summed E-state index contributed by atoms with van der Waals surface area (Å²) in [7, 11) is 7.27. The molecule has 0 saturated heterocycles. The molecule has 0 bridgehead atoms. The fraction of sp³-hybridized carbons (Fsp3) is 0.367. The predicted octanol–water partition coefficient (Wildman–Crippen LogP) is 6.01. The van der Waals surface area contributed by atoms with E-state index in [4.69, 9.17) is 23.4 Å². The molecule has 5 aromatic rings. The van der Waals surface area contributed by atoms with Crippen molar-refractivity contribution >= 4 is 38.2 Å². The first-order chi connectivity index (χ1) is 18.1. The van der Waals surface area contributed by atoms with Crippen LogP contribution in [-0.4, -0.2) is 49.8 Å². The second kappa shape index (κ2) is 9.76. The highest BCUT2D eigenvalue weighted by Crippen LogP contribution is 2.42. The summed E-state index contributed by atoms with van der Waals surface area (Å²) in [6, 6.07) is 9.60. The highest BCUT2D eigenvalue weighted by molar-refractivity contribution is 6.14. The Hall–Kier alpha value is -3.91. The third-order valence-corrected chi connectivity index (χ3v) is 6.43. The largest absolute Gasteiger partial charge is 0.493 e. The van der Waals surface area contributed by atoms with E-state index in [-0.39, 0.29) is 12.2 Å². The van der Waals surface area contributed by atoms with Crippen LogP contribution in [0, 0.1) is 0 Å². The average Bonchev–Trinajstić information content (AvgIpc) is 3.17. The first-order valence-electron chi connectivity index (χ1n) is 12.7.